The third-order valence-electron chi connectivity index (χ3n) is 4.88. The first-order valence-electron chi connectivity index (χ1n) is 9.26. The molecule has 1 aromatic rings. The third-order valence-corrected chi connectivity index (χ3v) is 4.88. The average Bonchev–Trinajstić information content (AvgIpc) is 2.68. The van der Waals surface area contributed by atoms with Crippen molar-refractivity contribution in [2.24, 2.45) is 0 Å². The van der Waals surface area contributed by atoms with Crippen molar-refractivity contribution < 1.29 is 19.1 Å². The SMILES string of the molecule is CCOc1ccccc1C(=O)N1CCN(C(=O)[C@H]2NCCO[C@@H]2C)CC1.Cl. The molecule has 27 heavy (non-hydrogen) atoms. The Hall–Kier alpha value is -1.83. The average molecular weight is 398 g/mol. The van der Waals surface area contributed by atoms with E-state index in [0.717, 1.165) is 0 Å². The van der Waals surface area contributed by atoms with E-state index in [1.807, 2.05) is 36.9 Å². The molecule has 2 heterocycles. The van der Waals surface area contributed by atoms with Gasteiger partial charge in [0.25, 0.3) is 5.91 Å². The van der Waals surface area contributed by atoms with Crippen molar-refractivity contribution in [2.75, 3.05) is 45.9 Å². The maximum Gasteiger partial charge on any atom is 0.257 e. The Morgan fingerprint density at radius 1 is 1.19 bits per heavy atom. The van der Waals surface area contributed by atoms with Gasteiger partial charge >= 0.3 is 0 Å². The summed E-state index contributed by atoms with van der Waals surface area (Å²) >= 11 is 0. The first-order chi connectivity index (χ1) is 12.6. The number of morpholine rings is 1. The molecule has 2 atom stereocenters. The van der Waals surface area contributed by atoms with Gasteiger partial charge in [0, 0.05) is 32.7 Å². The Balaban J connectivity index is 0.00000261. The number of benzene rings is 1. The van der Waals surface area contributed by atoms with Gasteiger partial charge in [-0.3, -0.25) is 9.59 Å². The van der Waals surface area contributed by atoms with Gasteiger partial charge < -0.3 is 24.6 Å². The summed E-state index contributed by atoms with van der Waals surface area (Å²) in [7, 11) is 0. The van der Waals surface area contributed by atoms with E-state index >= 15 is 0 Å². The molecular formula is C19H28ClN3O4. The first kappa shape index (κ1) is 21.5. The van der Waals surface area contributed by atoms with E-state index in [2.05, 4.69) is 5.32 Å². The number of hydrogen-bond donors (Lipinski definition) is 1. The Morgan fingerprint density at radius 3 is 2.52 bits per heavy atom. The minimum Gasteiger partial charge on any atom is -0.493 e. The zero-order valence-electron chi connectivity index (χ0n) is 15.8. The molecule has 0 bridgehead atoms. The van der Waals surface area contributed by atoms with Crippen LogP contribution < -0.4 is 10.1 Å². The van der Waals surface area contributed by atoms with Gasteiger partial charge in [0.1, 0.15) is 11.8 Å². The summed E-state index contributed by atoms with van der Waals surface area (Å²) in [6.07, 6.45) is -0.131. The largest absolute Gasteiger partial charge is 0.493 e. The van der Waals surface area contributed by atoms with Gasteiger partial charge in [0.05, 0.1) is 24.9 Å². The normalized spacial score (nSPS) is 22.7. The Bertz CT molecular complexity index is 650. The number of ether oxygens (including phenoxy) is 2. The van der Waals surface area contributed by atoms with Crippen molar-refractivity contribution in [3.63, 3.8) is 0 Å². The minimum atomic E-state index is -0.301. The van der Waals surface area contributed by atoms with Crippen molar-refractivity contribution >= 4 is 24.2 Å². The van der Waals surface area contributed by atoms with Crippen LogP contribution in [0.25, 0.3) is 0 Å². The Labute approximate surface area is 166 Å². The van der Waals surface area contributed by atoms with Crippen molar-refractivity contribution in [2.45, 2.75) is 26.0 Å². The van der Waals surface area contributed by atoms with Crippen LogP contribution in [0.3, 0.4) is 0 Å². The number of para-hydroxylation sites is 1. The fourth-order valence-electron chi connectivity index (χ4n) is 3.43. The van der Waals surface area contributed by atoms with Gasteiger partial charge in [-0.25, -0.2) is 0 Å². The minimum absolute atomic E-state index is 0. The highest BCUT2D eigenvalue weighted by molar-refractivity contribution is 5.97. The molecule has 2 aliphatic heterocycles. The van der Waals surface area contributed by atoms with E-state index in [9.17, 15) is 9.59 Å². The van der Waals surface area contributed by atoms with Crippen molar-refractivity contribution in [3.05, 3.63) is 29.8 Å². The molecule has 150 valence electrons. The second-order valence-corrected chi connectivity index (χ2v) is 6.55. The van der Waals surface area contributed by atoms with Crippen LogP contribution in [0.2, 0.25) is 0 Å². The van der Waals surface area contributed by atoms with Crippen LogP contribution in [-0.4, -0.2) is 79.7 Å². The topological polar surface area (TPSA) is 71.1 Å². The van der Waals surface area contributed by atoms with Crippen LogP contribution in [0.4, 0.5) is 0 Å². The van der Waals surface area contributed by atoms with Gasteiger partial charge in [-0.1, -0.05) is 12.1 Å². The smallest absolute Gasteiger partial charge is 0.257 e. The molecule has 0 aliphatic carbocycles. The van der Waals surface area contributed by atoms with Crippen LogP contribution >= 0.6 is 12.4 Å². The lowest BCUT2D eigenvalue weighted by Crippen LogP contribution is -2.60. The van der Waals surface area contributed by atoms with Crippen LogP contribution in [0.1, 0.15) is 24.2 Å². The van der Waals surface area contributed by atoms with Crippen molar-refractivity contribution in [1.82, 2.24) is 15.1 Å². The number of rotatable bonds is 4. The molecule has 3 rings (SSSR count). The predicted octanol–water partition coefficient (Wildman–Crippen LogP) is 1.17. The summed E-state index contributed by atoms with van der Waals surface area (Å²) in [4.78, 5) is 29.2. The van der Waals surface area contributed by atoms with E-state index in [-0.39, 0.29) is 36.4 Å². The standard InChI is InChI=1S/C19H27N3O4.ClH/c1-3-25-16-7-5-4-6-15(16)18(23)21-9-11-22(12-10-21)19(24)17-14(2)26-13-8-20-17;/h4-7,14,17,20H,3,8-13H2,1-2H3;1H/t14-,17+;/m1./s1. The number of nitrogens with zero attached hydrogens (tertiary/aromatic N) is 2. The number of carbonyl (C=O) groups excluding carboxylic acids is 2. The number of nitrogens with one attached hydrogen (secondary N) is 1. The molecule has 2 amide bonds. The maximum atomic E-state index is 12.8. The lowest BCUT2D eigenvalue weighted by atomic mass is 10.1. The molecule has 2 saturated heterocycles. The highest BCUT2D eigenvalue weighted by Gasteiger charge is 2.34. The van der Waals surface area contributed by atoms with Crippen molar-refractivity contribution in [3.8, 4) is 5.75 Å². The quantitative estimate of drug-likeness (QED) is 0.825. The monoisotopic (exact) mass is 397 g/mol. The van der Waals surface area contributed by atoms with Gasteiger partial charge in [-0.05, 0) is 26.0 Å². The second kappa shape index (κ2) is 9.92. The molecular weight excluding hydrogens is 370 g/mol. The molecule has 0 radical (unpaired) electrons. The van der Waals surface area contributed by atoms with Gasteiger partial charge in [0.2, 0.25) is 5.91 Å². The summed E-state index contributed by atoms with van der Waals surface area (Å²) in [5.41, 5.74) is 0.574. The Kier molecular flexibility index (Phi) is 7.89. The third kappa shape index (κ3) is 4.91. The molecule has 1 N–H and O–H groups in total. The summed E-state index contributed by atoms with van der Waals surface area (Å²) in [6, 6.07) is 7.00. The molecule has 8 heteroatoms. The summed E-state index contributed by atoms with van der Waals surface area (Å²) in [6.45, 7) is 7.76. The van der Waals surface area contributed by atoms with Crippen LogP contribution in [0, 0.1) is 0 Å². The number of carbonyl (C=O) groups is 2. The fourth-order valence-corrected chi connectivity index (χ4v) is 3.43. The summed E-state index contributed by atoms with van der Waals surface area (Å²) < 4.78 is 11.1. The van der Waals surface area contributed by atoms with Crippen LogP contribution in [-0.2, 0) is 9.53 Å². The predicted molar refractivity (Wildman–Crippen MR) is 105 cm³/mol. The van der Waals surface area contributed by atoms with Crippen molar-refractivity contribution in [1.29, 1.82) is 0 Å². The van der Waals surface area contributed by atoms with Gasteiger partial charge in [0.15, 0.2) is 0 Å². The van der Waals surface area contributed by atoms with Gasteiger partial charge in [-0.2, -0.15) is 0 Å². The highest BCUT2D eigenvalue weighted by Crippen LogP contribution is 2.21. The molecule has 7 nitrogen and oxygen atoms in total. The molecule has 0 unspecified atom stereocenters. The van der Waals surface area contributed by atoms with E-state index in [1.54, 1.807) is 11.0 Å². The van der Waals surface area contributed by atoms with Gasteiger partial charge in [-0.15, -0.1) is 12.4 Å². The molecule has 0 saturated carbocycles. The van der Waals surface area contributed by atoms with E-state index < -0.39 is 0 Å². The lowest BCUT2D eigenvalue weighted by molar-refractivity contribution is -0.140. The van der Waals surface area contributed by atoms with E-state index in [1.165, 1.54) is 0 Å². The number of piperazine rings is 1. The lowest BCUT2D eigenvalue weighted by Gasteiger charge is -2.38. The molecule has 2 fully saturated rings. The molecule has 2 aliphatic rings. The molecule has 0 aromatic heterocycles. The van der Waals surface area contributed by atoms with E-state index in [4.69, 9.17) is 9.47 Å². The van der Waals surface area contributed by atoms with E-state index in [0.29, 0.717) is 57.3 Å². The highest BCUT2D eigenvalue weighted by atomic mass is 35.5. The number of halogens is 1. The zero-order valence-corrected chi connectivity index (χ0v) is 16.7. The number of amides is 2. The first-order valence-corrected chi connectivity index (χ1v) is 9.26. The molecule has 1 aromatic carbocycles. The second-order valence-electron chi connectivity index (χ2n) is 6.55. The zero-order chi connectivity index (χ0) is 18.5. The fraction of sp³-hybridized carbons (Fsp3) is 0.579. The molecule has 0 spiro atoms. The number of hydrogen-bond acceptors (Lipinski definition) is 5. The summed E-state index contributed by atoms with van der Waals surface area (Å²) in [5, 5.41) is 3.23. The maximum absolute atomic E-state index is 12.8. The Morgan fingerprint density at radius 2 is 1.85 bits per heavy atom. The van der Waals surface area contributed by atoms with Crippen LogP contribution in [0.15, 0.2) is 24.3 Å². The summed E-state index contributed by atoms with van der Waals surface area (Å²) in [5.74, 6) is 0.614. The van der Waals surface area contributed by atoms with Crippen LogP contribution in [0.5, 0.6) is 5.75 Å².